The Kier molecular flexibility index (Phi) is 10.5. The van der Waals surface area contributed by atoms with Crippen molar-refractivity contribution in [1.82, 2.24) is 0 Å². The van der Waals surface area contributed by atoms with Crippen molar-refractivity contribution in [2.24, 2.45) is 0 Å². The van der Waals surface area contributed by atoms with Crippen LogP contribution in [0.25, 0.3) is 0 Å². The van der Waals surface area contributed by atoms with Crippen molar-refractivity contribution in [1.29, 1.82) is 0 Å². The first-order chi connectivity index (χ1) is 21.6. The number of aliphatic carboxylic acids is 6. The van der Waals surface area contributed by atoms with Gasteiger partial charge in [0.15, 0.2) is 74.2 Å². The molecule has 0 aromatic heterocycles. The third-order valence-corrected chi connectivity index (χ3v) is 5.41. The predicted molar refractivity (Wildman–Crippen MR) is 139 cm³/mol. The SMILES string of the molecule is O=C(O)COc1cc2c(c(OCC(=O)O)c1OCC(=O)O)C(=O)c1cc(OCC(=O)O)c(OCC(=O)O)c(OCC(=O)O)c1C2=O. The molecule has 6 N–H and O–H groups in total. The molecular formula is C26H20O20. The Balaban J connectivity index is 2.42. The van der Waals surface area contributed by atoms with E-state index in [0.717, 1.165) is 12.1 Å². The molecule has 46 heavy (non-hydrogen) atoms. The summed E-state index contributed by atoms with van der Waals surface area (Å²) >= 11 is 0. The maximum absolute atomic E-state index is 14.0. The van der Waals surface area contributed by atoms with Crippen LogP contribution in [0.4, 0.5) is 0 Å². The summed E-state index contributed by atoms with van der Waals surface area (Å²) in [5, 5.41) is 54.9. The van der Waals surface area contributed by atoms with Gasteiger partial charge >= 0.3 is 35.8 Å². The molecule has 0 atom stereocenters. The molecule has 2 aromatic carbocycles. The smallest absolute Gasteiger partial charge is 0.341 e. The monoisotopic (exact) mass is 652 g/mol. The van der Waals surface area contributed by atoms with Crippen LogP contribution < -0.4 is 28.4 Å². The van der Waals surface area contributed by atoms with E-state index in [0.29, 0.717) is 0 Å². The van der Waals surface area contributed by atoms with Gasteiger partial charge in [-0.3, -0.25) is 9.59 Å². The molecule has 244 valence electrons. The molecule has 0 amide bonds. The van der Waals surface area contributed by atoms with Crippen LogP contribution in [-0.2, 0) is 28.8 Å². The second kappa shape index (κ2) is 14.2. The van der Waals surface area contributed by atoms with Gasteiger partial charge in [0.2, 0.25) is 11.5 Å². The van der Waals surface area contributed by atoms with E-state index in [1.807, 2.05) is 0 Å². The number of hydrogen-bond acceptors (Lipinski definition) is 14. The fourth-order valence-electron chi connectivity index (χ4n) is 3.89. The summed E-state index contributed by atoms with van der Waals surface area (Å²) in [6.45, 7) is -6.99. The number of carbonyl (C=O) groups excluding carboxylic acids is 2. The molecule has 2 aromatic rings. The number of carboxylic acid groups (broad SMARTS) is 6. The third kappa shape index (κ3) is 7.86. The van der Waals surface area contributed by atoms with E-state index < -0.39 is 144 Å². The van der Waals surface area contributed by atoms with Crippen LogP contribution in [0, 0.1) is 0 Å². The molecule has 0 spiro atoms. The second-order valence-electron chi connectivity index (χ2n) is 8.66. The van der Waals surface area contributed by atoms with Gasteiger partial charge in [-0.1, -0.05) is 0 Å². The van der Waals surface area contributed by atoms with Gasteiger partial charge < -0.3 is 59.1 Å². The molecular weight excluding hydrogens is 632 g/mol. The summed E-state index contributed by atoms with van der Waals surface area (Å²) in [4.78, 5) is 95.5. The van der Waals surface area contributed by atoms with Gasteiger partial charge in [-0.25, -0.2) is 28.8 Å². The first-order valence-corrected chi connectivity index (χ1v) is 12.2. The lowest BCUT2D eigenvalue weighted by Crippen LogP contribution is -2.26. The van der Waals surface area contributed by atoms with Crippen LogP contribution in [0.3, 0.4) is 0 Å². The van der Waals surface area contributed by atoms with Crippen molar-refractivity contribution in [3.05, 3.63) is 34.4 Å². The Labute approximate surface area is 253 Å². The number of hydrogen-bond donors (Lipinski definition) is 6. The summed E-state index contributed by atoms with van der Waals surface area (Å²) in [7, 11) is 0. The summed E-state index contributed by atoms with van der Waals surface area (Å²) in [6, 6.07) is 1.47. The van der Waals surface area contributed by atoms with Gasteiger partial charge in [0.25, 0.3) is 0 Å². The van der Waals surface area contributed by atoms with E-state index in [9.17, 15) is 48.6 Å². The Morgan fingerprint density at radius 2 is 0.652 bits per heavy atom. The van der Waals surface area contributed by atoms with Gasteiger partial charge in [-0.05, 0) is 12.1 Å². The number of rotatable bonds is 18. The molecule has 0 radical (unpaired) electrons. The highest BCUT2D eigenvalue weighted by atomic mass is 16.6. The number of fused-ring (bicyclic) bond motifs is 2. The number of benzene rings is 2. The van der Waals surface area contributed by atoms with Crippen LogP contribution >= 0.6 is 0 Å². The third-order valence-electron chi connectivity index (χ3n) is 5.41. The first-order valence-electron chi connectivity index (χ1n) is 12.2. The van der Waals surface area contributed by atoms with E-state index in [1.165, 1.54) is 0 Å². The molecule has 0 bridgehead atoms. The minimum atomic E-state index is -1.63. The molecule has 0 saturated carbocycles. The Morgan fingerprint density at radius 1 is 0.413 bits per heavy atom. The van der Waals surface area contributed by atoms with Crippen LogP contribution in [0.15, 0.2) is 12.1 Å². The van der Waals surface area contributed by atoms with Gasteiger partial charge in [-0.15, -0.1) is 0 Å². The van der Waals surface area contributed by atoms with Gasteiger partial charge in [-0.2, -0.15) is 0 Å². The normalized spacial score (nSPS) is 11.4. The summed E-state index contributed by atoms with van der Waals surface area (Å²) in [5.74, 6) is -16.8. The molecule has 20 nitrogen and oxygen atoms in total. The zero-order chi connectivity index (χ0) is 34.3. The molecule has 1 aliphatic carbocycles. The largest absolute Gasteiger partial charge is 0.479 e. The lowest BCUT2D eigenvalue weighted by molar-refractivity contribution is -0.141. The highest BCUT2D eigenvalue weighted by Gasteiger charge is 2.41. The molecule has 0 aliphatic heterocycles. The maximum Gasteiger partial charge on any atom is 0.341 e. The Bertz CT molecular complexity index is 1530. The fourth-order valence-corrected chi connectivity index (χ4v) is 3.89. The van der Waals surface area contributed by atoms with Gasteiger partial charge in [0.05, 0.1) is 11.1 Å². The number of carbonyl (C=O) groups is 8. The molecule has 20 heteroatoms. The lowest BCUT2D eigenvalue weighted by Gasteiger charge is -2.26. The minimum Gasteiger partial charge on any atom is -0.479 e. The lowest BCUT2D eigenvalue weighted by atomic mass is 9.82. The predicted octanol–water partition coefficient (Wildman–Crippen LogP) is -0.758. The number of ketones is 2. The standard InChI is InChI=1S/C26H20O20/c27-13(28)3-41-11-1-9-19(25(45-7-17(35)36)23(11)43-5-15(31)32)22(40)10-2-12(42-4-14(29)30)24(44-6-16(33)34)26(20(10)21(9)39)46-8-18(37)38/h1-2H,3-8H2,(H,27,28)(H,29,30)(H,31,32)(H,33,34)(H,35,36)(H,37,38). The highest BCUT2D eigenvalue weighted by Crippen LogP contribution is 2.50. The van der Waals surface area contributed by atoms with Crippen molar-refractivity contribution in [3.63, 3.8) is 0 Å². The van der Waals surface area contributed by atoms with Crippen LogP contribution in [0.2, 0.25) is 0 Å². The average molecular weight is 652 g/mol. The topological polar surface area (TPSA) is 313 Å². The van der Waals surface area contributed by atoms with Crippen molar-refractivity contribution < 1.29 is 97.4 Å². The van der Waals surface area contributed by atoms with Gasteiger partial charge in [0.1, 0.15) is 0 Å². The second-order valence-corrected chi connectivity index (χ2v) is 8.66. The molecule has 1 aliphatic rings. The van der Waals surface area contributed by atoms with Crippen molar-refractivity contribution in [2.45, 2.75) is 0 Å². The zero-order valence-corrected chi connectivity index (χ0v) is 22.8. The van der Waals surface area contributed by atoms with E-state index in [1.54, 1.807) is 0 Å². The summed E-state index contributed by atoms with van der Waals surface area (Å²) in [6.07, 6.45) is 0. The van der Waals surface area contributed by atoms with Gasteiger partial charge in [0, 0.05) is 11.1 Å². The van der Waals surface area contributed by atoms with Crippen LogP contribution in [0.1, 0.15) is 31.8 Å². The number of ether oxygens (including phenoxy) is 6. The minimum absolute atomic E-state index is 0.704. The van der Waals surface area contributed by atoms with E-state index >= 15 is 0 Å². The molecule has 0 heterocycles. The maximum atomic E-state index is 14.0. The zero-order valence-electron chi connectivity index (χ0n) is 22.8. The molecule has 0 unspecified atom stereocenters. The Hall–Kier alpha value is -6.60. The molecule has 0 fully saturated rings. The van der Waals surface area contributed by atoms with E-state index in [4.69, 9.17) is 48.8 Å². The van der Waals surface area contributed by atoms with Crippen LogP contribution in [0.5, 0.6) is 34.5 Å². The van der Waals surface area contributed by atoms with Crippen molar-refractivity contribution in [3.8, 4) is 34.5 Å². The average Bonchev–Trinajstić information content (AvgIpc) is 2.96. The summed E-state index contributed by atoms with van der Waals surface area (Å²) in [5.41, 5.74) is -2.95. The van der Waals surface area contributed by atoms with Crippen molar-refractivity contribution in [2.75, 3.05) is 39.6 Å². The van der Waals surface area contributed by atoms with E-state index in [-0.39, 0.29) is 0 Å². The fraction of sp³-hybridized carbons (Fsp3) is 0.231. The van der Waals surface area contributed by atoms with E-state index in [2.05, 4.69) is 0 Å². The summed E-state index contributed by atoms with van der Waals surface area (Å²) < 4.78 is 30.8. The molecule has 3 rings (SSSR count). The quantitative estimate of drug-likeness (QED) is 0.0983. The molecule has 0 saturated heterocycles. The number of carboxylic acids is 6. The van der Waals surface area contributed by atoms with Crippen molar-refractivity contribution >= 4 is 47.4 Å². The highest BCUT2D eigenvalue weighted by molar-refractivity contribution is 6.31. The first kappa shape index (κ1) is 33.9. The van der Waals surface area contributed by atoms with Crippen LogP contribution in [-0.4, -0.2) is 118 Å². The Morgan fingerprint density at radius 3 is 0.913 bits per heavy atom.